The zero-order chi connectivity index (χ0) is 21.6. The average molecular weight is 476 g/mol. The van der Waals surface area contributed by atoms with Gasteiger partial charge in [0.05, 0.1) is 19.6 Å². The molecule has 4 atom stereocenters. The van der Waals surface area contributed by atoms with Gasteiger partial charge >= 0.3 is 0 Å². The number of amides is 1. The van der Waals surface area contributed by atoms with E-state index in [2.05, 4.69) is 26.6 Å². The lowest BCUT2D eigenvalue weighted by molar-refractivity contribution is -0.532. The van der Waals surface area contributed by atoms with Gasteiger partial charge in [0.15, 0.2) is 17.0 Å². The van der Waals surface area contributed by atoms with Crippen LogP contribution in [0.4, 0.5) is 5.69 Å². The van der Waals surface area contributed by atoms with Gasteiger partial charge in [0.1, 0.15) is 0 Å². The van der Waals surface area contributed by atoms with Crippen molar-refractivity contribution in [1.29, 1.82) is 0 Å². The van der Waals surface area contributed by atoms with Crippen LogP contribution in [0.25, 0.3) is 0 Å². The molecular formula is C21H22BrN3O5. The number of rotatable bonds is 5. The van der Waals surface area contributed by atoms with E-state index in [9.17, 15) is 14.9 Å². The molecule has 2 N–H and O–H groups in total. The first-order valence-electron chi connectivity index (χ1n) is 9.67. The second-order valence-electron chi connectivity index (χ2n) is 7.45. The van der Waals surface area contributed by atoms with Crippen molar-refractivity contribution in [3.63, 3.8) is 0 Å². The Kier molecular flexibility index (Phi) is 5.19. The standard InChI is InChI=1S/C21H22BrN3O5/c1-4-30-17-10-14(22)12(9-16(17)29-3)18-11(2)24-21(19(18)25(27)28)13-7-5-6-8-15(13)23-20(21)26/h5-11,18-19,24H,4H2,1-3H3,(H,23,26)/t11-,18-,19+,21+/m0/s1. The Bertz CT molecular complexity index is 1030. The molecule has 0 saturated carbocycles. The highest BCUT2D eigenvalue weighted by atomic mass is 79.9. The Balaban J connectivity index is 1.89. The van der Waals surface area contributed by atoms with Gasteiger partial charge in [-0.1, -0.05) is 34.1 Å². The molecule has 2 aliphatic heterocycles. The third-order valence-corrected chi connectivity index (χ3v) is 6.59. The van der Waals surface area contributed by atoms with Crippen LogP contribution < -0.4 is 20.1 Å². The van der Waals surface area contributed by atoms with Crippen molar-refractivity contribution in [3.05, 3.63) is 62.1 Å². The maximum Gasteiger partial charge on any atom is 0.256 e. The fourth-order valence-electron chi connectivity index (χ4n) is 4.76. The summed E-state index contributed by atoms with van der Waals surface area (Å²) in [4.78, 5) is 25.2. The number of para-hydroxylation sites is 1. The third kappa shape index (κ3) is 2.87. The summed E-state index contributed by atoms with van der Waals surface area (Å²) >= 11 is 3.55. The van der Waals surface area contributed by atoms with Gasteiger partial charge in [-0.05, 0) is 37.6 Å². The molecule has 0 radical (unpaired) electrons. The third-order valence-electron chi connectivity index (χ3n) is 5.91. The number of fused-ring (bicyclic) bond motifs is 2. The van der Waals surface area contributed by atoms with E-state index in [0.717, 1.165) is 0 Å². The quantitative estimate of drug-likeness (QED) is 0.507. The Morgan fingerprint density at radius 3 is 2.67 bits per heavy atom. The first-order valence-corrected chi connectivity index (χ1v) is 10.5. The van der Waals surface area contributed by atoms with Crippen molar-refractivity contribution in [3.8, 4) is 11.5 Å². The number of benzene rings is 2. The molecule has 8 nitrogen and oxygen atoms in total. The largest absolute Gasteiger partial charge is 0.493 e. The minimum Gasteiger partial charge on any atom is -0.493 e. The molecule has 1 fully saturated rings. The summed E-state index contributed by atoms with van der Waals surface area (Å²) in [5.41, 5.74) is 0.430. The highest BCUT2D eigenvalue weighted by Gasteiger charge is 2.67. The number of carbonyl (C=O) groups excluding carboxylic acids is 1. The van der Waals surface area contributed by atoms with Crippen LogP contribution in [0.1, 0.15) is 30.9 Å². The molecule has 4 rings (SSSR count). The van der Waals surface area contributed by atoms with E-state index in [0.29, 0.717) is 39.4 Å². The van der Waals surface area contributed by atoms with E-state index in [1.165, 1.54) is 7.11 Å². The van der Waals surface area contributed by atoms with E-state index < -0.39 is 23.4 Å². The SMILES string of the molecule is CCOc1cc(Br)c([C@@H]2[C@H](C)N[C@@]3(C(=O)Nc4ccccc43)[C@@H]2[N+](=O)[O-])cc1OC. The molecule has 2 heterocycles. The molecule has 0 aliphatic carbocycles. The zero-order valence-electron chi connectivity index (χ0n) is 16.8. The van der Waals surface area contributed by atoms with Crippen molar-refractivity contribution >= 4 is 27.5 Å². The average Bonchev–Trinajstić information content (AvgIpc) is 3.17. The summed E-state index contributed by atoms with van der Waals surface area (Å²) in [5, 5.41) is 18.5. The lowest BCUT2D eigenvalue weighted by Crippen LogP contribution is -2.54. The molecule has 9 heteroatoms. The van der Waals surface area contributed by atoms with Gasteiger partial charge < -0.3 is 14.8 Å². The van der Waals surface area contributed by atoms with Crippen molar-refractivity contribution in [2.24, 2.45) is 0 Å². The molecule has 0 aromatic heterocycles. The second kappa shape index (κ2) is 7.55. The molecule has 30 heavy (non-hydrogen) atoms. The van der Waals surface area contributed by atoms with Crippen LogP contribution in [-0.2, 0) is 10.3 Å². The Labute approximate surface area is 182 Å². The van der Waals surface area contributed by atoms with Gasteiger partial charge in [0.25, 0.3) is 11.9 Å². The summed E-state index contributed by atoms with van der Waals surface area (Å²) in [7, 11) is 1.53. The van der Waals surface area contributed by atoms with E-state index in [1.807, 2.05) is 13.8 Å². The molecule has 1 saturated heterocycles. The number of carbonyl (C=O) groups is 1. The number of hydrogen-bond acceptors (Lipinski definition) is 6. The molecule has 0 unspecified atom stereocenters. The zero-order valence-corrected chi connectivity index (χ0v) is 18.4. The molecule has 0 bridgehead atoms. The number of nitrogens with one attached hydrogen (secondary N) is 2. The predicted octanol–water partition coefficient (Wildman–Crippen LogP) is 3.42. The van der Waals surface area contributed by atoms with E-state index in [1.54, 1.807) is 36.4 Å². The van der Waals surface area contributed by atoms with Crippen LogP contribution in [0, 0.1) is 10.1 Å². The van der Waals surface area contributed by atoms with Crippen molar-refractivity contribution < 1.29 is 19.2 Å². The monoisotopic (exact) mass is 475 g/mol. The number of halogens is 1. The Hall–Kier alpha value is -2.65. The van der Waals surface area contributed by atoms with Gasteiger partial charge in [0, 0.05) is 26.7 Å². The van der Waals surface area contributed by atoms with Crippen LogP contribution in [0.3, 0.4) is 0 Å². The van der Waals surface area contributed by atoms with Crippen LogP contribution in [-0.4, -0.2) is 36.6 Å². The summed E-state index contributed by atoms with van der Waals surface area (Å²) < 4.78 is 11.7. The fourth-order valence-corrected chi connectivity index (χ4v) is 5.34. The van der Waals surface area contributed by atoms with Gasteiger partial charge in [-0.15, -0.1) is 0 Å². The van der Waals surface area contributed by atoms with E-state index in [4.69, 9.17) is 9.47 Å². The first kappa shape index (κ1) is 20.6. The summed E-state index contributed by atoms with van der Waals surface area (Å²) in [6.45, 7) is 4.19. The summed E-state index contributed by atoms with van der Waals surface area (Å²) in [5.74, 6) is 0.0387. The van der Waals surface area contributed by atoms with Crippen molar-refractivity contribution in [2.75, 3.05) is 19.0 Å². The van der Waals surface area contributed by atoms with Gasteiger partial charge in [0.2, 0.25) is 0 Å². The van der Waals surface area contributed by atoms with Crippen molar-refractivity contribution in [1.82, 2.24) is 5.32 Å². The normalized spacial score (nSPS) is 27.1. The first-order chi connectivity index (χ1) is 14.3. The molecule has 158 valence electrons. The Morgan fingerprint density at radius 2 is 2.00 bits per heavy atom. The smallest absolute Gasteiger partial charge is 0.256 e. The number of ether oxygens (including phenoxy) is 2. The number of nitro groups is 1. The minimum absolute atomic E-state index is 0.349. The number of anilines is 1. The van der Waals surface area contributed by atoms with Gasteiger partial charge in [-0.3, -0.25) is 20.2 Å². The van der Waals surface area contributed by atoms with Gasteiger partial charge in [-0.2, -0.15) is 0 Å². The second-order valence-corrected chi connectivity index (χ2v) is 8.31. The molecular weight excluding hydrogens is 454 g/mol. The molecule has 2 aromatic carbocycles. The minimum atomic E-state index is -1.45. The van der Waals surface area contributed by atoms with Crippen LogP contribution in [0.2, 0.25) is 0 Å². The Morgan fingerprint density at radius 1 is 1.27 bits per heavy atom. The lowest BCUT2D eigenvalue weighted by atomic mass is 9.78. The highest BCUT2D eigenvalue weighted by molar-refractivity contribution is 9.10. The fraction of sp³-hybridized carbons (Fsp3) is 0.381. The highest BCUT2D eigenvalue weighted by Crippen LogP contribution is 2.51. The molecule has 1 amide bonds. The van der Waals surface area contributed by atoms with Crippen molar-refractivity contribution in [2.45, 2.75) is 37.4 Å². The van der Waals surface area contributed by atoms with Crippen LogP contribution in [0.5, 0.6) is 11.5 Å². The molecule has 2 aromatic rings. The summed E-state index contributed by atoms with van der Waals surface area (Å²) in [6, 6.07) is 9.05. The van der Waals surface area contributed by atoms with E-state index in [-0.39, 0.29) is 11.0 Å². The molecule has 2 aliphatic rings. The predicted molar refractivity (Wildman–Crippen MR) is 115 cm³/mol. The van der Waals surface area contributed by atoms with Crippen LogP contribution in [0.15, 0.2) is 40.9 Å². The topological polar surface area (TPSA) is 103 Å². The lowest BCUT2D eigenvalue weighted by Gasteiger charge is -2.26. The van der Waals surface area contributed by atoms with Crippen LogP contribution >= 0.6 is 15.9 Å². The van der Waals surface area contributed by atoms with Gasteiger partial charge in [-0.25, -0.2) is 0 Å². The van der Waals surface area contributed by atoms with E-state index >= 15 is 0 Å². The summed E-state index contributed by atoms with van der Waals surface area (Å²) in [6.07, 6.45) is 0. The number of methoxy groups -OCH3 is 1. The molecule has 1 spiro atoms. The number of nitrogens with zero attached hydrogens (tertiary/aromatic N) is 1. The maximum absolute atomic E-state index is 13.1. The number of hydrogen-bond donors (Lipinski definition) is 2. The maximum atomic E-state index is 13.1.